The van der Waals surface area contributed by atoms with E-state index < -0.39 is 0 Å². The van der Waals surface area contributed by atoms with E-state index in [-0.39, 0.29) is 22.9 Å². The van der Waals surface area contributed by atoms with E-state index in [4.69, 9.17) is 0 Å². The Balaban J connectivity index is 0.00000220. The number of nitrogens with zero attached hydrogens (tertiary/aromatic N) is 1. The third-order valence-electron chi connectivity index (χ3n) is 3.18. The van der Waals surface area contributed by atoms with E-state index in [0.29, 0.717) is 6.42 Å². The second-order valence-electron chi connectivity index (χ2n) is 4.98. The summed E-state index contributed by atoms with van der Waals surface area (Å²) in [5.41, 5.74) is 2.07. The molecular formula is C17H21BrN2O. The van der Waals surface area contributed by atoms with Crippen LogP contribution < -0.4 is 26.9 Å². The lowest BCUT2D eigenvalue weighted by molar-refractivity contribution is -0.697. The molecule has 0 fully saturated rings. The highest BCUT2D eigenvalue weighted by Crippen LogP contribution is 2.09. The first-order valence-corrected chi connectivity index (χ1v) is 7.05. The van der Waals surface area contributed by atoms with Crippen LogP contribution in [0.15, 0.2) is 54.9 Å². The zero-order valence-corrected chi connectivity index (χ0v) is 13.8. The van der Waals surface area contributed by atoms with Gasteiger partial charge in [-0.15, -0.1) is 0 Å². The number of rotatable bonds is 6. The number of hydrogen-bond acceptors (Lipinski definition) is 1. The first-order chi connectivity index (χ1) is 9.74. The monoisotopic (exact) mass is 348 g/mol. The molecule has 0 aliphatic heterocycles. The number of pyridine rings is 1. The maximum Gasteiger partial charge on any atom is 0.224 e. The number of unbranched alkanes of at least 4 members (excludes halogenated alkanes) is 1. The largest absolute Gasteiger partial charge is 1.00 e. The Kier molecular flexibility index (Phi) is 7.69. The van der Waals surface area contributed by atoms with Crippen molar-refractivity contribution in [2.45, 2.75) is 32.7 Å². The minimum atomic E-state index is 0. The fourth-order valence-corrected chi connectivity index (χ4v) is 2.02. The van der Waals surface area contributed by atoms with Crippen LogP contribution in [0, 0.1) is 6.92 Å². The minimum absolute atomic E-state index is 0. The van der Waals surface area contributed by atoms with Crippen molar-refractivity contribution in [1.29, 1.82) is 0 Å². The van der Waals surface area contributed by atoms with Crippen LogP contribution in [0.3, 0.4) is 0 Å². The average molecular weight is 349 g/mol. The lowest BCUT2D eigenvalue weighted by atomic mass is 10.2. The first-order valence-electron chi connectivity index (χ1n) is 7.05. The fraction of sp³-hybridized carbons (Fsp3) is 0.294. The van der Waals surface area contributed by atoms with E-state index in [1.165, 1.54) is 5.56 Å². The van der Waals surface area contributed by atoms with Crippen LogP contribution in [-0.2, 0) is 11.3 Å². The van der Waals surface area contributed by atoms with E-state index in [2.05, 4.69) is 9.88 Å². The number of halogens is 1. The summed E-state index contributed by atoms with van der Waals surface area (Å²) in [6, 6.07) is 13.9. The molecule has 0 aliphatic carbocycles. The summed E-state index contributed by atoms with van der Waals surface area (Å²) in [4.78, 5) is 11.8. The number of aromatic nitrogens is 1. The van der Waals surface area contributed by atoms with Crippen LogP contribution >= 0.6 is 0 Å². The number of aryl methyl sites for hydroxylation is 2. The summed E-state index contributed by atoms with van der Waals surface area (Å²) in [7, 11) is 0. The highest BCUT2D eigenvalue weighted by molar-refractivity contribution is 5.90. The summed E-state index contributed by atoms with van der Waals surface area (Å²) in [5.74, 6) is 0.0897. The van der Waals surface area contributed by atoms with Crippen LogP contribution in [0.4, 0.5) is 5.69 Å². The maximum atomic E-state index is 11.8. The summed E-state index contributed by atoms with van der Waals surface area (Å²) in [6.07, 6.45) is 6.58. The average Bonchev–Trinajstić information content (AvgIpc) is 2.47. The summed E-state index contributed by atoms with van der Waals surface area (Å²) < 4.78 is 2.14. The predicted molar refractivity (Wildman–Crippen MR) is 80.3 cm³/mol. The van der Waals surface area contributed by atoms with Gasteiger partial charge in [-0.2, -0.15) is 0 Å². The van der Waals surface area contributed by atoms with Crippen LogP contribution in [0.5, 0.6) is 0 Å². The molecule has 0 saturated carbocycles. The molecule has 1 amide bonds. The van der Waals surface area contributed by atoms with Gasteiger partial charge in [0.25, 0.3) is 0 Å². The van der Waals surface area contributed by atoms with E-state index >= 15 is 0 Å². The van der Waals surface area contributed by atoms with Crippen LogP contribution in [0.25, 0.3) is 0 Å². The molecule has 0 aliphatic rings. The van der Waals surface area contributed by atoms with Crippen molar-refractivity contribution < 1.29 is 26.3 Å². The molecular weight excluding hydrogens is 328 g/mol. The third-order valence-corrected chi connectivity index (χ3v) is 3.18. The van der Waals surface area contributed by atoms with Gasteiger partial charge in [0, 0.05) is 30.7 Å². The van der Waals surface area contributed by atoms with Gasteiger partial charge in [-0.3, -0.25) is 4.79 Å². The first kappa shape index (κ1) is 17.4. The highest BCUT2D eigenvalue weighted by Gasteiger charge is 2.04. The smallest absolute Gasteiger partial charge is 0.224 e. The molecule has 0 bridgehead atoms. The molecule has 0 atom stereocenters. The highest BCUT2D eigenvalue weighted by atomic mass is 79.9. The van der Waals surface area contributed by atoms with E-state index in [1.54, 1.807) is 0 Å². The maximum absolute atomic E-state index is 11.8. The molecule has 2 rings (SSSR count). The second kappa shape index (κ2) is 9.29. The number of carbonyl (C=O) groups excluding carboxylic acids is 1. The molecule has 4 heteroatoms. The Labute approximate surface area is 136 Å². The van der Waals surface area contributed by atoms with Crippen molar-refractivity contribution in [2.24, 2.45) is 0 Å². The number of benzene rings is 1. The number of anilines is 1. The zero-order chi connectivity index (χ0) is 14.2. The SMILES string of the molecule is Cc1ccc(NC(=O)CCCC[n+]2ccccc2)cc1.[Br-]. The van der Waals surface area contributed by atoms with E-state index in [1.807, 2.05) is 61.8 Å². The minimum Gasteiger partial charge on any atom is -1.00 e. The van der Waals surface area contributed by atoms with Gasteiger partial charge in [-0.25, -0.2) is 4.57 Å². The summed E-state index contributed by atoms with van der Waals surface area (Å²) >= 11 is 0. The summed E-state index contributed by atoms with van der Waals surface area (Å²) in [5, 5.41) is 2.92. The van der Waals surface area contributed by atoms with Crippen molar-refractivity contribution in [3.8, 4) is 0 Å². The van der Waals surface area contributed by atoms with Gasteiger partial charge < -0.3 is 22.3 Å². The van der Waals surface area contributed by atoms with Crippen LogP contribution in [0.2, 0.25) is 0 Å². The quantitative estimate of drug-likeness (QED) is 0.582. The molecule has 0 radical (unpaired) electrons. The molecule has 1 heterocycles. The lowest BCUT2D eigenvalue weighted by Gasteiger charge is -2.05. The number of amides is 1. The summed E-state index contributed by atoms with van der Waals surface area (Å²) in [6.45, 7) is 2.99. The fourth-order valence-electron chi connectivity index (χ4n) is 2.02. The Morgan fingerprint density at radius 2 is 1.71 bits per heavy atom. The standard InChI is InChI=1S/C17H20N2O.BrH/c1-15-8-10-16(11-9-15)18-17(20)7-3-6-14-19-12-4-2-5-13-19;/h2,4-5,8-13H,3,6-7,14H2,1H3;1H. The van der Waals surface area contributed by atoms with Crippen molar-refractivity contribution in [2.75, 3.05) is 5.32 Å². The van der Waals surface area contributed by atoms with Crippen molar-refractivity contribution in [3.05, 3.63) is 60.4 Å². The molecule has 1 aromatic carbocycles. The Hall–Kier alpha value is -1.68. The van der Waals surface area contributed by atoms with Gasteiger partial charge in [0.15, 0.2) is 12.4 Å². The van der Waals surface area contributed by atoms with Crippen LogP contribution in [0.1, 0.15) is 24.8 Å². The van der Waals surface area contributed by atoms with Gasteiger partial charge in [-0.1, -0.05) is 23.8 Å². The molecule has 3 nitrogen and oxygen atoms in total. The van der Waals surface area contributed by atoms with Crippen LogP contribution in [-0.4, -0.2) is 5.91 Å². The lowest BCUT2D eigenvalue weighted by Crippen LogP contribution is -3.00. The van der Waals surface area contributed by atoms with Crippen molar-refractivity contribution in [1.82, 2.24) is 0 Å². The molecule has 21 heavy (non-hydrogen) atoms. The Morgan fingerprint density at radius 1 is 1.05 bits per heavy atom. The number of carbonyl (C=O) groups is 1. The molecule has 0 saturated heterocycles. The Bertz CT molecular complexity index is 540. The van der Waals surface area contributed by atoms with Gasteiger partial charge in [0.1, 0.15) is 6.54 Å². The molecule has 112 valence electrons. The van der Waals surface area contributed by atoms with Gasteiger partial charge in [-0.05, 0) is 25.5 Å². The second-order valence-corrected chi connectivity index (χ2v) is 4.98. The normalized spacial score (nSPS) is 9.76. The molecule has 2 aromatic rings. The molecule has 0 spiro atoms. The zero-order valence-electron chi connectivity index (χ0n) is 12.3. The van der Waals surface area contributed by atoms with Gasteiger partial charge in [0.05, 0.1) is 0 Å². The number of nitrogens with one attached hydrogen (secondary N) is 1. The van der Waals surface area contributed by atoms with Crippen molar-refractivity contribution in [3.63, 3.8) is 0 Å². The topological polar surface area (TPSA) is 33.0 Å². The van der Waals surface area contributed by atoms with Gasteiger partial charge in [0.2, 0.25) is 5.91 Å². The molecule has 1 N–H and O–H groups in total. The predicted octanol–water partition coefficient (Wildman–Crippen LogP) is 0.0955. The molecule has 1 aromatic heterocycles. The third kappa shape index (κ3) is 6.54. The van der Waals surface area contributed by atoms with E-state index in [0.717, 1.165) is 25.1 Å². The van der Waals surface area contributed by atoms with E-state index in [9.17, 15) is 4.79 Å². The Morgan fingerprint density at radius 3 is 2.38 bits per heavy atom. The van der Waals surface area contributed by atoms with Gasteiger partial charge >= 0.3 is 0 Å². The molecule has 0 unspecified atom stereocenters. The number of hydrogen-bond donors (Lipinski definition) is 1. The van der Waals surface area contributed by atoms with Crippen molar-refractivity contribution >= 4 is 11.6 Å².